The molecule has 1 amide bonds. The Labute approximate surface area is 134 Å². The fourth-order valence-electron chi connectivity index (χ4n) is 1.75. The van der Waals surface area contributed by atoms with Gasteiger partial charge in [0, 0.05) is 30.0 Å². The molecule has 0 aliphatic rings. The molecule has 1 heterocycles. The standard InChI is InChI=1S/C15H19ClN4O2/c1-10(8-17)9-18-13(21)6-7-14-19-15(20-22-14)11-2-4-12(16)5-3-11/h2-5,10H,6-9,17H2,1H3,(H,18,21). The zero-order valence-corrected chi connectivity index (χ0v) is 13.1. The second-order valence-electron chi connectivity index (χ2n) is 5.16. The van der Waals surface area contributed by atoms with Gasteiger partial charge in [-0.1, -0.05) is 23.7 Å². The highest BCUT2D eigenvalue weighted by Crippen LogP contribution is 2.18. The number of amides is 1. The van der Waals surface area contributed by atoms with Crippen LogP contribution in [0.15, 0.2) is 28.8 Å². The zero-order chi connectivity index (χ0) is 15.9. The molecule has 0 fully saturated rings. The molecule has 6 nitrogen and oxygen atoms in total. The summed E-state index contributed by atoms with van der Waals surface area (Å²) in [5.41, 5.74) is 6.32. The van der Waals surface area contributed by atoms with Crippen molar-refractivity contribution in [2.75, 3.05) is 13.1 Å². The second kappa shape index (κ2) is 7.91. The Morgan fingerprint density at radius 2 is 2.14 bits per heavy atom. The van der Waals surface area contributed by atoms with E-state index in [1.54, 1.807) is 12.1 Å². The first-order valence-corrected chi connectivity index (χ1v) is 7.51. The van der Waals surface area contributed by atoms with E-state index >= 15 is 0 Å². The molecule has 7 heteroatoms. The third-order valence-electron chi connectivity index (χ3n) is 3.19. The third-order valence-corrected chi connectivity index (χ3v) is 3.44. The Morgan fingerprint density at radius 3 is 2.82 bits per heavy atom. The summed E-state index contributed by atoms with van der Waals surface area (Å²) in [4.78, 5) is 16.0. The van der Waals surface area contributed by atoms with Crippen LogP contribution in [0, 0.1) is 5.92 Å². The van der Waals surface area contributed by atoms with Crippen molar-refractivity contribution >= 4 is 17.5 Å². The van der Waals surface area contributed by atoms with Crippen LogP contribution >= 0.6 is 11.6 Å². The lowest BCUT2D eigenvalue weighted by molar-refractivity contribution is -0.121. The molecule has 0 aliphatic carbocycles. The Balaban J connectivity index is 1.84. The molecular weight excluding hydrogens is 304 g/mol. The minimum atomic E-state index is -0.0495. The van der Waals surface area contributed by atoms with Crippen LogP contribution in [-0.4, -0.2) is 29.1 Å². The normalized spacial score (nSPS) is 12.1. The molecule has 0 saturated carbocycles. The summed E-state index contributed by atoms with van der Waals surface area (Å²) in [6.45, 7) is 3.11. The molecule has 0 radical (unpaired) electrons. The van der Waals surface area contributed by atoms with Crippen molar-refractivity contribution in [2.24, 2.45) is 11.7 Å². The van der Waals surface area contributed by atoms with Gasteiger partial charge in [0.05, 0.1) is 0 Å². The van der Waals surface area contributed by atoms with Crippen LogP contribution in [0.2, 0.25) is 5.02 Å². The lowest BCUT2D eigenvalue weighted by atomic mass is 10.2. The molecule has 3 N–H and O–H groups in total. The minimum Gasteiger partial charge on any atom is -0.356 e. The third kappa shape index (κ3) is 4.82. The van der Waals surface area contributed by atoms with Gasteiger partial charge in [-0.15, -0.1) is 0 Å². The summed E-state index contributed by atoms with van der Waals surface area (Å²) >= 11 is 5.83. The van der Waals surface area contributed by atoms with Crippen LogP contribution in [0.5, 0.6) is 0 Å². The van der Waals surface area contributed by atoms with Gasteiger partial charge >= 0.3 is 0 Å². The van der Waals surface area contributed by atoms with E-state index in [4.69, 9.17) is 21.9 Å². The maximum absolute atomic E-state index is 11.7. The van der Waals surface area contributed by atoms with Gasteiger partial charge in [-0.25, -0.2) is 0 Å². The van der Waals surface area contributed by atoms with Gasteiger partial charge < -0.3 is 15.6 Å². The van der Waals surface area contributed by atoms with Crippen LogP contribution in [0.4, 0.5) is 0 Å². The lowest BCUT2D eigenvalue weighted by Gasteiger charge is -2.09. The maximum atomic E-state index is 11.7. The number of halogens is 1. The SMILES string of the molecule is CC(CN)CNC(=O)CCc1nc(-c2ccc(Cl)cc2)no1. The Morgan fingerprint density at radius 1 is 1.41 bits per heavy atom. The van der Waals surface area contributed by atoms with Gasteiger partial charge in [0.1, 0.15) is 0 Å². The molecule has 2 rings (SSSR count). The van der Waals surface area contributed by atoms with E-state index < -0.39 is 0 Å². The van der Waals surface area contributed by atoms with Crippen LogP contribution in [0.25, 0.3) is 11.4 Å². The number of carbonyl (C=O) groups is 1. The summed E-state index contributed by atoms with van der Waals surface area (Å²) in [5.74, 6) is 1.14. The number of nitrogens with two attached hydrogens (primary N) is 1. The highest BCUT2D eigenvalue weighted by atomic mass is 35.5. The van der Waals surface area contributed by atoms with E-state index in [2.05, 4.69) is 15.5 Å². The predicted molar refractivity (Wildman–Crippen MR) is 84.3 cm³/mol. The quantitative estimate of drug-likeness (QED) is 0.813. The van der Waals surface area contributed by atoms with E-state index in [9.17, 15) is 4.79 Å². The monoisotopic (exact) mass is 322 g/mol. The summed E-state index contributed by atoms with van der Waals surface area (Å²) in [6, 6.07) is 7.16. The molecule has 22 heavy (non-hydrogen) atoms. The Bertz CT molecular complexity index is 612. The largest absolute Gasteiger partial charge is 0.356 e. The molecule has 118 valence electrons. The molecule has 0 spiro atoms. The Kier molecular flexibility index (Phi) is 5.91. The van der Waals surface area contributed by atoms with E-state index in [1.807, 2.05) is 19.1 Å². The first-order chi connectivity index (χ1) is 10.6. The van der Waals surface area contributed by atoms with Crippen LogP contribution in [-0.2, 0) is 11.2 Å². The van der Waals surface area contributed by atoms with E-state index in [-0.39, 0.29) is 11.8 Å². The van der Waals surface area contributed by atoms with Crippen molar-refractivity contribution in [2.45, 2.75) is 19.8 Å². The molecule has 0 aliphatic heterocycles. The van der Waals surface area contributed by atoms with Crippen LogP contribution < -0.4 is 11.1 Å². The fraction of sp³-hybridized carbons (Fsp3) is 0.400. The van der Waals surface area contributed by atoms with E-state index in [1.165, 1.54) is 0 Å². The molecule has 0 saturated heterocycles. The fourth-order valence-corrected chi connectivity index (χ4v) is 1.88. The Hall–Kier alpha value is -1.92. The van der Waals surface area contributed by atoms with Crippen molar-refractivity contribution in [1.29, 1.82) is 0 Å². The number of aromatic nitrogens is 2. The number of benzene rings is 1. The topological polar surface area (TPSA) is 94.0 Å². The lowest BCUT2D eigenvalue weighted by Crippen LogP contribution is -2.31. The summed E-state index contributed by atoms with van der Waals surface area (Å²) in [5, 5.41) is 7.38. The van der Waals surface area contributed by atoms with Crippen LogP contribution in [0.3, 0.4) is 0 Å². The number of rotatable bonds is 7. The molecule has 2 aromatic rings. The first-order valence-electron chi connectivity index (χ1n) is 7.13. The molecule has 1 atom stereocenters. The number of hydrogen-bond donors (Lipinski definition) is 2. The number of nitrogens with zero attached hydrogens (tertiary/aromatic N) is 2. The van der Waals surface area contributed by atoms with Crippen molar-refractivity contribution < 1.29 is 9.32 Å². The number of aryl methyl sites for hydroxylation is 1. The average Bonchev–Trinajstić information content (AvgIpc) is 3.00. The zero-order valence-electron chi connectivity index (χ0n) is 12.4. The number of hydrogen-bond acceptors (Lipinski definition) is 5. The average molecular weight is 323 g/mol. The maximum Gasteiger partial charge on any atom is 0.227 e. The summed E-state index contributed by atoms with van der Waals surface area (Å²) in [7, 11) is 0. The van der Waals surface area contributed by atoms with E-state index in [0.717, 1.165) is 5.56 Å². The summed E-state index contributed by atoms with van der Waals surface area (Å²) in [6.07, 6.45) is 0.711. The number of nitrogens with one attached hydrogen (secondary N) is 1. The minimum absolute atomic E-state index is 0.0495. The smallest absolute Gasteiger partial charge is 0.227 e. The van der Waals surface area contributed by atoms with E-state index in [0.29, 0.717) is 42.7 Å². The molecule has 0 bridgehead atoms. The highest BCUT2D eigenvalue weighted by Gasteiger charge is 2.11. The van der Waals surface area contributed by atoms with Gasteiger partial charge in [-0.2, -0.15) is 4.98 Å². The number of carbonyl (C=O) groups excluding carboxylic acids is 1. The van der Waals surface area contributed by atoms with Crippen molar-refractivity contribution in [3.63, 3.8) is 0 Å². The van der Waals surface area contributed by atoms with Gasteiger partial charge in [-0.3, -0.25) is 4.79 Å². The van der Waals surface area contributed by atoms with Gasteiger partial charge in [0.2, 0.25) is 17.6 Å². The summed E-state index contributed by atoms with van der Waals surface area (Å²) < 4.78 is 5.15. The van der Waals surface area contributed by atoms with Gasteiger partial charge in [-0.05, 0) is 36.7 Å². The second-order valence-corrected chi connectivity index (χ2v) is 5.60. The molecule has 1 unspecified atom stereocenters. The molecular formula is C15H19ClN4O2. The van der Waals surface area contributed by atoms with Gasteiger partial charge in [0.25, 0.3) is 0 Å². The molecule has 1 aromatic carbocycles. The van der Waals surface area contributed by atoms with Crippen LogP contribution in [0.1, 0.15) is 19.2 Å². The van der Waals surface area contributed by atoms with Gasteiger partial charge in [0.15, 0.2) is 0 Å². The first kappa shape index (κ1) is 16.5. The molecule has 1 aromatic heterocycles. The van der Waals surface area contributed by atoms with Crippen molar-refractivity contribution in [3.05, 3.63) is 35.2 Å². The predicted octanol–water partition coefficient (Wildman–Crippen LogP) is 2.03. The van der Waals surface area contributed by atoms with Crippen molar-refractivity contribution in [1.82, 2.24) is 15.5 Å². The highest BCUT2D eigenvalue weighted by molar-refractivity contribution is 6.30. The van der Waals surface area contributed by atoms with Crippen molar-refractivity contribution in [3.8, 4) is 11.4 Å².